The third kappa shape index (κ3) is 4.74. The summed E-state index contributed by atoms with van der Waals surface area (Å²) in [6.45, 7) is 4.64. The molecule has 0 atom stereocenters. The van der Waals surface area contributed by atoms with Crippen LogP contribution in [0, 0.1) is 22.6 Å². The summed E-state index contributed by atoms with van der Waals surface area (Å²) in [4.78, 5) is 0. The van der Waals surface area contributed by atoms with Gasteiger partial charge >= 0.3 is 0 Å². The number of anilines is 1. The fourth-order valence-electron chi connectivity index (χ4n) is 1.44. The lowest BCUT2D eigenvalue weighted by Gasteiger charge is -2.15. The summed E-state index contributed by atoms with van der Waals surface area (Å²) in [6, 6.07) is 6.83. The molecule has 92 valence electrons. The fraction of sp³-hybridized carbons (Fsp3) is 0.462. The molecule has 4 heteroatoms. The second-order valence-corrected chi connectivity index (χ2v) is 5.50. The van der Waals surface area contributed by atoms with Crippen LogP contribution in [0.3, 0.4) is 0 Å². The normalized spacial score (nSPS) is 11.0. The molecule has 0 radical (unpaired) electrons. The Balaban J connectivity index is 2.39. The van der Waals surface area contributed by atoms with E-state index in [4.69, 9.17) is 5.26 Å². The highest BCUT2D eigenvalue weighted by Gasteiger charge is 2.15. The SMILES string of the molecule is CC(C)(C#N)CCCNc1ccc(F)cc1Br. The van der Waals surface area contributed by atoms with E-state index in [1.54, 1.807) is 6.07 Å². The number of benzene rings is 1. The average Bonchev–Trinajstić information content (AvgIpc) is 2.27. The Labute approximate surface area is 110 Å². The van der Waals surface area contributed by atoms with Crippen LogP contribution in [0.5, 0.6) is 0 Å². The fourth-order valence-corrected chi connectivity index (χ4v) is 1.93. The first-order valence-electron chi connectivity index (χ1n) is 5.55. The van der Waals surface area contributed by atoms with Gasteiger partial charge < -0.3 is 5.32 Å². The summed E-state index contributed by atoms with van der Waals surface area (Å²) in [5, 5.41) is 12.1. The van der Waals surface area contributed by atoms with Crippen LogP contribution >= 0.6 is 15.9 Å². The third-order valence-electron chi connectivity index (χ3n) is 2.53. The minimum atomic E-state index is -0.276. The van der Waals surface area contributed by atoms with Crippen LogP contribution in [0.4, 0.5) is 10.1 Å². The molecule has 2 nitrogen and oxygen atoms in total. The maximum Gasteiger partial charge on any atom is 0.124 e. The second kappa shape index (κ2) is 6.02. The molecular weight excluding hydrogens is 283 g/mol. The van der Waals surface area contributed by atoms with Crippen LogP contribution in [-0.2, 0) is 0 Å². The molecule has 0 aliphatic heterocycles. The van der Waals surface area contributed by atoms with Crippen molar-refractivity contribution in [2.45, 2.75) is 26.7 Å². The summed E-state index contributed by atoms with van der Waals surface area (Å²) in [5.41, 5.74) is 0.600. The minimum Gasteiger partial charge on any atom is -0.384 e. The number of halogens is 2. The van der Waals surface area contributed by atoms with Gasteiger partial charge in [-0.25, -0.2) is 4.39 Å². The molecule has 1 rings (SSSR count). The molecule has 1 aromatic rings. The van der Waals surface area contributed by atoms with Gasteiger partial charge in [0.2, 0.25) is 0 Å². The van der Waals surface area contributed by atoms with E-state index < -0.39 is 0 Å². The van der Waals surface area contributed by atoms with Gasteiger partial charge in [0.05, 0.1) is 11.5 Å². The van der Waals surface area contributed by atoms with Crippen molar-refractivity contribution >= 4 is 21.6 Å². The largest absolute Gasteiger partial charge is 0.384 e. The molecule has 1 aromatic carbocycles. The van der Waals surface area contributed by atoms with Gasteiger partial charge in [-0.05, 0) is 60.8 Å². The van der Waals surface area contributed by atoms with E-state index in [9.17, 15) is 4.39 Å². The lowest BCUT2D eigenvalue weighted by atomic mass is 9.90. The molecule has 0 bridgehead atoms. The second-order valence-electron chi connectivity index (χ2n) is 4.65. The van der Waals surface area contributed by atoms with Crippen LogP contribution in [0.2, 0.25) is 0 Å². The number of hydrogen-bond donors (Lipinski definition) is 1. The Morgan fingerprint density at radius 2 is 2.18 bits per heavy atom. The van der Waals surface area contributed by atoms with Crippen molar-refractivity contribution in [3.8, 4) is 6.07 Å². The van der Waals surface area contributed by atoms with Crippen molar-refractivity contribution in [1.29, 1.82) is 5.26 Å². The van der Waals surface area contributed by atoms with Crippen LogP contribution in [0.15, 0.2) is 22.7 Å². The number of hydrogen-bond acceptors (Lipinski definition) is 2. The maximum atomic E-state index is 12.8. The summed E-state index contributed by atoms with van der Waals surface area (Å²) in [7, 11) is 0. The Hall–Kier alpha value is -1.08. The van der Waals surface area contributed by atoms with Crippen LogP contribution in [-0.4, -0.2) is 6.54 Å². The van der Waals surface area contributed by atoms with Crippen LogP contribution in [0.1, 0.15) is 26.7 Å². The molecule has 1 N–H and O–H groups in total. The average molecular weight is 299 g/mol. The molecule has 0 heterocycles. The number of nitrogens with zero attached hydrogens (tertiary/aromatic N) is 1. The first-order valence-corrected chi connectivity index (χ1v) is 6.34. The lowest BCUT2D eigenvalue weighted by molar-refractivity contribution is 0.441. The molecule has 0 saturated heterocycles. The van der Waals surface area contributed by atoms with E-state index in [1.807, 2.05) is 13.8 Å². The van der Waals surface area contributed by atoms with Gasteiger partial charge in [-0.1, -0.05) is 0 Å². The van der Waals surface area contributed by atoms with Gasteiger partial charge in [-0.15, -0.1) is 0 Å². The monoisotopic (exact) mass is 298 g/mol. The number of nitriles is 1. The summed E-state index contributed by atoms with van der Waals surface area (Å²) < 4.78 is 13.6. The molecule has 0 spiro atoms. The molecule has 0 unspecified atom stereocenters. The molecule has 17 heavy (non-hydrogen) atoms. The minimum absolute atomic E-state index is 0.256. The molecule has 0 fully saturated rings. The van der Waals surface area contributed by atoms with E-state index in [-0.39, 0.29) is 11.2 Å². The van der Waals surface area contributed by atoms with Crippen molar-refractivity contribution in [3.63, 3.8) is 0 Å². The summed E-state index contributed by atoms with van der Waals surface area (Å²) >= 11 is 3.30. The van der Waals surface area contributed by atoms with E-state index in [1.165, 1.54) is 12.1 Å². The molecule has 0 saturated carbocycles. The quantitative estimate of drug-likeness (QED) is 0.821. The van der Waals surface area contributed by atoms with Gasteiger partial charge in [-0.3, -0.25) is 0 Å². The van der Waals surface area contributed by atoms with Crippen molar-refractivity contribution in [2.75, 3.05) is 11.9 Å². The smallest absolute Gasteiger partial charge is 0.124 e. The Kier molecular flexibility index (Phi) is 4.95. The zero-order valence-corrected chi connectivity index (χ0v) is 11.6. The highest BCUT2D eigenvalue weighted by molar-refractivity contribution is 9.10. The van der Waals surface area contributed by atoms with Crippen molar-refractivity contribution < 1.29 is 4.39 Å². The molecule has 0 amide bonds. The highest BCUT2D eigenvalue weighted by atomic mass is 79.9. The predicted molar refractivity (Wildman–Crippen MR) is 71.2 cm³/mol. The van der Waals surface area contributed by atoms with Crippen molar-refractivity contribution in [1.82, 2.24) is 0 Å². The van der Waals surface area contributed by atoms with Gasteiger partial charge in [0, 0.05) is 16.7 Å². The lowest BCUT2D eigenvalue weighted by Crippen LogP contribution is -2.11. The Morgan fingerprint density at radius 3 is 2.76 bits per heavy atom. The van der Waals surface area contributed by atoms with E-state index in [0.717, 1.165) is 29.5 Å². The summed E-state index contributed by atoms with van der Waals surface area (Å²) in [5.74, 6) is -0.256. The van der Waals surface area contributed by atoms with E-state index in [2.05, 4.69) is 27.3 Å². The first-order chi connectivity index (χ1) is 7.94. The number of rotatable bonds is 5. The molecule has 0 aliphatic rings. The predicted octanol–water partition coefficient (Wildman–Crippen LogP) is 4.33. The molecule has 0 aromatic heterocycles. The van der Waals surface area contributed by atoms with Crippen molar-refractivity contribution in [2.24, 2.45) is 5.41 Å². The van der Waals surface area contributed by atoms with Gasteiger partial charge in [0.15, 0.2) is 0 Å². The zero-order valence-electron chi connectivity index (χ0n) is 10.1. The summed E-state index contributed by atoms with van der Waals surface area (Å²) in [6.07, 6.45) is 1.75. The Bertz CT molecular complexity index is 424. The van der Waals surface area contributed by atoms with E-state index in [0.29, 0.717) is 0 Å². The molecule has 0 aliphatic carbocycles. The first kappa shape index (κ1) is 14.0. The maximum absolute atomic E-state index is 12.8. The van der Waals surface area contributed by atoms with Gasteiger partial charge in [-0.2, -0.15) is 5.26 Å². The van der Waals surface area contributed by atoms with Gasteiger partial charge in [0.25, 0.3) is 0 Å². The highest BCUT2D eigenvalue weighted by Crippen LogP contribution is 2.24. The van der Waals surface area contributed by atoms with Crippen LogP contribution < -0.4 is 5.32 Å². The number of nitrogens with one attached hydrogen (secondary N) is 1. The van der Waals surface area contributed by atoms with Crippen molar-refractivity contribution in [3.05, 3.63) is 28.5 Å². The zero-order chi connectivity index (χ0) is 12.9. The topological polar surface area (TPSA) is 35.8 Å². The Morgan fingerprint density at radius 1 is 1.47 bits per heavy atom. The van der Waals surface area contributed by atoms with E-state index >= 15 is 0 Å². The molecular formula is C13H16BrFN2. The standard InChI is InChI=1S/C13H16BrFN2/c1-13(2,9-16)6-3-7-17-12-5-4-10(15)8-11(12)14/h4-5,8,17H,3,6-7H2,1-2H3. The third-order valence-corrected chi connectivity index (χ3v) is 3.18. The van der Waals surface area contributed by atoms with Crippen LogP contribution in [0.25, 0.3) is 0 Å². The van der Waals surface area contributed by atoms with Gasteiger partial charge in [0.1, 0.15) is 5.82 Å².